The molecule has 2 aliphatic heterocycles. The number of amides is 3. The fraction of sp³-hybridized carbons (Fsp3) is 0.464. The predicted octanol–water partition coefficient (Wildman–Crippen LogP) is 3.10. The molecule has 5 rings (SSSR count). The van der Waals surface area contributed by atoms with E-state index < -0.39 is 17.5 Å². The summed E-state index contributed by atoms with van der Waals surface area (Å²) in [6.45, 7) is 4.43. The van der Waals surface area contributed by atoms with Crippen LogP contribution in [0.1, 0.15) is 46.4 Å². The van der Waals surface area contributed by atoms with Crippen molar-refractivity contribution in [2.75, 3.05) is 62.6 Å². The normalized spacial score (nSPS) is 18.5. The fourth-order valence-corrected chi connectivity index (χ4v) is 5.53. The van der Waals surface area contributed by atoms with Gasteiger partial charge in [-0.1, -0.05) is 12.8 Å². The molecule has 0 spiro atoms. The number of anilines is 2. The fourth-order valence-electron chi connectivity index (χ4n) is 5.53. The van der Waals surface area contributed by atoms with E-state index in [4.69, 9.17) is 0 Å². The van der Waals surface area contributed by atoms with E-state index in [1.54, 1.807) is 17.0 Å². The summed E-state index contributed by atoms with van der Waals surface area (Å²) in [5.74, 6) is -2.12. The number of nitrogens with zero attached hydrogens (tertiary/aromatic N) is 3. The molecule has 2 heterocycles. The maximum atomic E-state index is 13.6. The zero-order valence-corrected chi connectivity index (χ0v) is 21.3. The van der Waals surface area contributed by atoms with Gasteiger partial charge in [-0.25, -0.2) is 8.78 Å². The molecule has 1 saturated carbocycles. The average Bonchev–Trinajstić information content (AvgIpc) is 3.48. The Balaban J connectivity index is 1.33. The van der Waals surface area contributed by atoms with Gasteiger partial charge in [-0.2, -0.15) is 0 Å². The van der Waals surface area contributed by atoms with Gasteiger partial charge in [0.15, 0.2) is 0 Å². The highest BCUT2D eigenvalue weighted by Gasteiger charge is 2.28. The van der Waals surface area contributed by atoms with Crippen LogP contribution < -0.4 is 15.5 Å². The van der Waals surface area contributed by atoms with Crippen molar-refractivity contribution >= 4 is 29.1 Å². The minimum absolute atomic E-state index is 0.0174. The van der Waals surface area contributed by atoms with Gasteiger partial charge in [-0.3, -0.25) is 14.4 Å². The molecule has 3 amide bonds. The summed E-state index contributed by atoms with van der Waals surface area (Å²) in [6, 6.07) is 8.24. The van der Waals surface area contributed by atoms with Crippen LogP contribution in [0.4, 0.5) is 20.2 Å². The number of nitrogens with one attached hydrogen (secondary N) is 2. The third-order valence-electron chi connectivity index (χ3n) is 7.65. The first-order chi connectivity index (χ1) is 18.4. The molecule has 2 aromatic rings. The van der Waals surface area contributed by atoms with E-state index in [9.17, 15) is 23.2 Å². The van der Waals surface area contributed by atoms with E-state index in [0.717, 1.165) is 62.7 Å². The molecule has 0 aromatic heterocycles. The highest BCUT2D eigenvalue weighted by molar-refractivity contribution is 6.01. The lowest BCUT2D eigenvalue weighted by atomic mass is 10.1. The van der Waals surface area contributed by atoms with Gasteiger partial charge in [0.1, 0.15) is 11.6 Å². The van der Waals surface area contributed by atoms with Crippen LogP contribution in [0.5, 0.6) is 0 Å². The first-order valence-corrected chi connectivity index (χ1v) is 13.3. The molecule has 2 N–H and O–H groups in total. The van der Waals surface area contributed by atoms with Crippen molar-refractivity contribution in [2.45, 2.75) is 25.7 Å². The summed E-state index contributed by atoms with van der Waals surface area (Å²) in [7, 11) is 0. The van der Waals surface area contributed by atoms with Crippen LogP contribution >= 0.6 is 0 Å². The number of carbonyl (C=O) groups is 3. The second-order valence-electron chi connectivity index (χ2n) is 10.2. The van der Waals surface area contributed by atoms with Crippen molar-refractivity contribution < 1.29 is 23.2 Å². The third-order valence-corrected chi connectivity index (χ3v) is 7.65. The van der Waals surface area contributed by atoms with Gasteiger partial charge in [-0.05, 0) is 43.2 Å². The molecule has 0 atom stereocenters. The maximum absolute atomic E-state index is 13.6. The van der Waals surface area contributed by atoms with Gasteiger partial charge < -0.3 is 25.3 Å². The highest BCUT2D eigenvalue weighted by Crippen LogP contribution is 2.32. The van der Waals surface area contributed by atoms with E-state index >= 15 is 0 Å². The van der Waals surface area contributed by atoms with Crippen molar-refractivity contribution in [3.05, 3.63) is 59.2 Å². The van der Waals surface area contributed by atoms with Crippen LogP contribution in [0.25, 0.3) is 0 Å². The first-order valence-electron chi connectivity index (χ1n) is 13.3. The zero-order valence-electron chi connectivity index (χ0n) is 21.3. The Morgan fingerprint density at radius 3 is 2.03 bits per heavy atom. The largest absolute Gasteiger partial charge is 0.366 e. The van der Waals surface area contributed by atoms with E-state index in [2.05, 4.69) is 15.5 Å². The summed E-state index contributed by atoms with van der Waals surface area (Å²) in [5.41, 5.74) is 1.89. The zero-order chi connectivity index (χ0) is 26.6. The minimum atomic E-state index is -0.787. The van der Waals surface area contributed by atoms with Gasteiger partial charge >= 0.3 is 0 Å². The molecule has 0 unspecified atom stereocenters. The van der Waals surface area contributed by atoms with Crippen molar-refractivity contribution in [1.29, 1.82) is 0 Å². The minimum Gasteiger partial charge on any atom is -0.366 e. The van der Waals surface area contributed by atoms with Crippen LogP contribution in [0.15, 0.2) is 36.4 Å². The molecule has 10 heteroatoms. The summed E-state index contributed by atoms with van der Waals surface area (Å²) < 4.78 is 27.2. The molecular formula is C28H33F2N5O3. The van der Waals surface area contributed by atoms with Crippen LogP contribution in [-0.2, 0) is 4.79 Å². The molecular weight excluding hydrogens is 492 g/mol. The lowest BCUT2D eigenvalue weighted by molar-refractivity contribution is -0.119. The Morgan fingerprint density at radius 1 is 0.763 bits per heavy atom. The van der Waals surface area contributed by atoms with E-state index in [1.165, 1.54) is 0 Å². The lowest BCUT2D eigenvalue weighted by Gasteiger charge is -2.37. The van der Waals surface area contributed by atoms with Crippen molar-refractivity contribution in [3.63, 3.8) is 0 Å². The predicted molar refractivity (Wildman–Crippen MR) is 140 cm³/mol. The molecule has 3 aliphatic rings. The monoisotopic (exact) mass is 525 g/mol. The SMILES string of the molecule is O=C(Nc1cc(C(=O)N2CCNCC2)ccc1N1CCN(C(=O)c2cc(F)cc(F)c2)CC1)C1CCCC1. The summed E-state index contributed by atoms with van der Waals surface area (Å²) in [6.07, 6.45) is 3.80. The number of halogens is 2. The molecule has 2 aromatic carbocycles. The number of rotatable bonds is 5. The third kappa shape index (κ3) is 5.80. The topological polar surface area (TPSA) is 85.0 Å². The van der Waals surface area contributed by atoms with Crippen molar-refractivity contribution in [1.82, 2.24) is 15.1 Å². The Hall–Kier alpha value is -3.53. The molecule has 3 fully saturated rings. The van der Waals surface area contributed by atoms with Crippen LogP contribution in [-0.4, -0.2) is 79.9 Å². The molecule has 8 nitrogen and oxygen atoms in total. The number of piperazine rings is 2. The van der Waals surface area contributed by atoms with Gasteiger partial charge in [0.2, 0.25) is 5.91 Å². The summed E-state index contributed by atoms with van der Waals surface area (Å²) >= 11 is 0. The van der Waals surface area contributed by atoms with Crippen LogP contribution in [0, 0.1) is 17.6 Å². The van der Waals surface area contributed by atoms with Crippen molar-refractivity contribution in [2.24, 2.45) is 5.92 Å². The Bertz CT molecular complexity index is 1180. The second-order valence-corrected chi connectivity index (χ2v) is 10.2. The van der Waals surface area contributed by atoms with Gasteiger partial charge in [0.25, 0.3) is 11.8 Å². The highest BCUT2D eigenvalue weighted by atomic mass is 19.1. The maximum Gasteiger partial charge on any atom is 0.254 e. The van der Waals surface area contributed by atoms with E-state index in [0.29, 0.717) is 50.5 Å². The molecule has 38 heavy (non-hydrogen) atoms. The van der Waals surface area contributed by atoms with Crippen LogP contribution in [0.2, 0.25) is 0 Å². The Morgan fingerprint density at radius 2 is 1.37 bits per heavy atom. The molecule has 0 radical (unpaired) electrons. The molecule has 2 saturated heterocycles. The summed E-state index contributed by atoms with van der Waals surface area (Å²) in [5, 5.41) is 6.34. The number of benzene rings is 2. The summed E-state index contributed by atoms with van der Waals surface area (Å²) in [4.78, 5) is 44.5. The number of carbonyl (C=O) groups excluding carboxylic acids is 3. The van der Waals surface area contributed by atoms with Gasteiger partial charge in [0.05, 0.1) is 11.4 Å². The van der Waals surface area contributed by atoms with Crippen molar-refractivity contribution in [3.8, 4) is 0 Å². The van der Waals surface area contributed by atoms with Gasteiger partial charge in [-0.15, -0.1) is 0 Å². The first kappa shape index (κ1) is 26.1. The van der Waals surface area contributed by atoms with E-state index in [1.807, 2.05) is 11.0 Å². The second kappa shape index (κ2) is 11.5. The van der Waals surface area contributed by atoms with Crippen LogP contribution in [0.3, 0.4) is 0 Å². The Labute approximate surface area is 221 Å². The quantitative estimate of drug-likeness (QED) is 0.627. The number of hydrogen-bond acceptors (Lipinski definition) is 5. The molecule has 1 aliphatic carbocycles. The average molecular weight is 526 g/mol. The molecule has 0 bridgehead atoms. The number of hydrogen-bond donors (Lipinski definition) is 2. The lowest BCUT2D eigenvalue weighted by Crippen LogP contribution is -2.49. The molecule has 202 valence electrons. The standard InChI is InChI=1S/C28H33F2N5O3/c29-22-15-21(16-23(30)18-22)28(38)35-13-11-33(12-14-35)25-6-5-20(27(37)34-9-7-31-8-10-34)17-24(25)32-26(36)19-3-1-2-4-19/h5-6,15-19,31H,1-4,7-14H2,(H,32,36). The van der Waals surface area contributed by atoms with E-state index in [-0.39, 0.29) is 23.3 Å². The van der Waals surface area contributed by atoms with Gasteiger partial charge in [0, 0.05) is 75.5 Å². The Kier molecular flexibility index (Phi) is 7.87. The smallest absolute Gasteiger partial charge is 0.254 e.